The number of amides is 2. The van der Waals surface area contributed by atoms with Gasteiger partial charge in [-0.1, -0.05) is 32.0 Å². The molecule has 1 atom stereocenters. The molecule has 3 N–H and O–H groups in total. The highest BCUT2D eigenvalue weighted by Crippen LogP contribution is 2.24. The van der Waals surface area contributed by atoms with E-state index in [0.717, 1.165) is 31.2 Å². The molecule has 1 aliphatic carbocycles. The molecule has 0 spiro atoms. The van der Waals surface area contributed by atoms with Crippen molar-refractivity contribution in [1.29, 1.82) is 0 Å². The zero-order valence-corrected chi connectivity index (χ0v) is 15.4. The number of nitrogens with one attached hydrogen (secondary N) is 2. The van der Waals surface area contributed by atoms with Crippen molar-refractivity contribution in [2.24, 2.45) is 11.8 Å². The van der Waals surface area contributed by atoms with Gasteiger partial charge in [-0.15, -0.1) is 0 Å². The number of rotatable bonds is 6. The summed E-state index contributed by atoms with van der Waals surface area (Å²) in [7, 11) is 0. The summed E-state index contributed by atoms with van der Waals surface area (Å²) >= 11 is 0. The highest BCUT2D eigenvalue weighted by Gasteiger charge is 2.28. The Balaban J connectivity index is 1.97. The number of benzene rings is 1. The number of aryl methyl sites for hydroxylation is 1. The third kappa shape index (κ3) is 5.30. The van der Waals surface area contributed by atoms with Crippen LogP contribution in [0, 0.1) is 18.8 Å². The molecule has 1 aromatic rings. The summed E-state index contributed by atoms with van der Waals surface area (Å²) in [5.41, 5.74) is 1.50. The van der Waals surface area contributed by atoms with Crippen molar-refractivity contribution < 1.29 is 14.7 Å². The molecule has 0 heterocycles. The van der Waals surface area contributed by atoms with Gasteiger partial charge in [0.2, 0.25) is 5.91 Å². The Labute approximate surface area is 150 Å². The fraction of sp³-hybridized carbons (Fsp3) is 0.600. The Bertz CT molecular complexity index is 592. The second-order valence-corrected chi connectivity index (χ2v) is 7.42. The van der Waals surface area contributed by atoms with Crippen molar-refractivity contribution in [1.82, 2.24) is 10.6 Å². The molecule has 0 aromatic heterocycles. The van der Waals surface area contributed by atoms with Crippen LogP contribution in [0.2, 0.25) is 0 Å². The lowest BCUT2D eigenvalue weighted by molar-refractivity contribution is -0.125. The first-order valence-electron chi connectivity index (χ1n) is 9.20. The first kappa shape index (κ1) is 19.4. The quantitative estimate of drug-likeness (QED) is 0.740. The molecule has 5 heteroatoms. The van der Waals surface area contributed by atoms with Gasteiger partial charge in [0, 0.05) is 18.2 Å². The highest BCUT2D eigenvalue weighted by molar-refractivity contribution is 5.98. The topological polar surface area (TPSA) is 78.4 Å². The van der Waals surface area contributed by atoms with Crippen LogP contribution in [-0.4, -0.2) is 35.6 Å². The standard InChI is InChI=1S/C20H30N2O3/c1-13(2)18(22-19(24)17-7-5-4-6-14(17)3)20(25)21-16-10-8-15(12-23)9-11-16/h4-7,13,15-16,18,23H,8-12H2,1-3H3,(H,21,25)(H,22,24). The van der Waals surface area contributed by atoms with Gasteiger partial charge in [-0.3, -0.25) is 9.59 Å². The van der Waals surface area contributed by atoms with Crippen molar-refractivity contribution >= 4 is 11.8 Å². The van der Waals surface area contributed by atoms with Crippen LogP contribution in [0.25, 0.3) is 0 Å². The van der Waals surface area contributed by atoms with Gasteiger partial charge in [-0.2, -0.15) is 0 Å². The Hall–Kier alpha value is -1.88. The van der Waals surface area contributed by atoms with Gasteiger partial charge in [-0.25, -0.2) is 0 Å². The Kier molecular flexibility index (Phi) is 7.00. The minimum atomic E-state index is -0.553. The molecule has 0 saturated heterocycles. The molecule has 0 radical (unpaired) electrons. The summed E-state index contributed by atoms with van der Waals surface area (Å²) < 4.78 is 0. The van der Waals surface area contributed by atoms with Crippen molar-refractivity contribution in [3.63, 3.8) is 0 Å². The van der Waals surface area contributed by atoms with Gasteiger partial charge in [0.1, 0.15) is 6.04 Å². The van der Waals surface area contributed by atoms with Gasteiger partial charge < -0.3 is 15.7 Å². The maximum absolute atomic E-state index is 12.7. The summed E-state index contributed by atoms with van der Waals surface area (Å²) in [6.07, 6.45) is 3.63. The van der Waals surface area contributed by atoms with E-state index in [4.69, 9.17) is 0 Å². The predicted molar refractivity (Wildman–Crippen MR) is 98.2 cm³/mol. The number of aliphatic hydroxyl groups is 1. The van der Waals surface area contributed by atoms with Crippen LogP contribution in [-0.2, 0) is 4.79 Å². The van der Waals surface area contributed by atoms with Crippen LogP contribution in [0.4, 0.5) is 0 Å². The molecule has 1 aliphatic rings. The zero-order chi connectivity index (χ0) is 18.4. The number of aliphatic hydroxyl groups excluding tert-OH is 1. The molecular formula is C20H30N2O3. The van der Waals surface area contributed by atoms with Crippen LogP contribution in [0.15, 0.2) is 24.3 Å². The second-order valence-electron chi connectivity index (χ2n) is 7.42. The van der Waals surface area contributed by atoms with Gasteiger partial charge in [0.25, 0.3) is 5.91 Å². The van der Waals surface area contributed by atoms with Gasteiger partial charge in [0.05, 0.1) is 0 Å². The number of carbonyl (C=O) groups is 2. The summed E-state index contributed by atoms with van der Waals surface area (Å²) in [6.45, 7) is 5.98. The Morgan fingerprint density at radius 3 is 2.36 bits per heavy atom. The number of hydrogen-bond donors (Lipinski definition) is 3. The minimum absolute atomic E-state index is 0.00162. The molecule has 5 nitrogen and oxygen atoms in total. The largest absolute Gasteiger partial charge is 0.396 e. The molecule has 1 aromatic carbocycles. The van der Waals surface area contributed by atoms with E-state index >= 15 is 0 Å². The molecule has 25 heavy (non-hydrogen) atoms. The predicted octanol–water partition coefficient (Wildman–Crippen LogP) is 2.42. The molecule has 0 bridgehead atoms. The van der Waals surface area contributed by atoms with E-state index in [1.165, 1.54) is 0 Å². The lowest BCUT2D eigenvalue weighted by Gasteiger charge is -2.30. The van der Waals surface area contributed by atoms with Crippen molar-refractivity contribution in [3.05, 3.63) is 35.4 Å². The highest BCUT2D eigenvalue weighted by atomic mass is 16.3. The molecule has 0 aliphatic heterocycles. The zero-order valence-electron chi connectivity index (χ0n) is 15.4. The van der Waals surface area contributed by atoms with Crippen LogP contribution in [0.3, 0.4) is 0 Å². The first-order valence-corrected chi connectivity index (χ1v) is 9.20. The number of hydrogen-bond acceptors (Lipinski definition) is 3. The van der Waals surface area contributed by atoms with E-state index in [0.29, 0.717) is 11.5 Å². The average Bonchev–Trinajstić information content (AvgIpc) is 2.60. The molecule has 1 saturated carbocycles. The van der Waals surface area contributed by atoms with E-state index in [-0.39, 0.29) is 30.4 Å². The Morgan fingerprint density at radius 2 is 1.80 bits per heavy atom. The summed E-state index contributed by atoms with van der Waals surface area (Å²) in [6, 6.07) is 6.96. The second kappa shape index (κ2) is 8.99. The molecule has 1 fully saturated rings. The lowest BCUT2D eigenvalue weighted by atomic mass is 9.86. The Morgan fingerprint density at radius 1 is 1.16 bits per heavy atom. The maximum Gasteiger partial charge on any atom is 0.252 e. The van der Waals surface area contributed by atoms with Crippen LogP contribution >= 0.6 is 0 Å². The van der Waals surface area contributed by atoms with Crippen LogP contribution in [0.5, 0.6) is 0 Å². The smallest absolute Gasteiger partial charge is 0.252 e. The first-order chi connectivity index (χ1) is 11.9. The molecule has 138 valence electrons. The molecule has 1 unspecified atom stereocenters. The van der Waals surface area contributed by atoms with E-state index in [1.54, 1.807) is 6.07 Å². The molecular weight excluding hydrogens is 316 g/mol. The normalized spacial score (nSPS) is 21.6. The fourth-order valence-corrected chi connectivity index (χ4v) is 3.36. The van der Waals surface area contributed by atoms with Crippen LogP contribution in [0.1, 0.15) is 55.5 Å². The van der Waals surface area contributed by atoms with Crippen molar-refractivity contribution in [3.8, 4) is 0 Å². The third-order valence-electron chi connectivity index (χ3n) is 5.08. The van der Waals surface area contributed by atoms with Gasteiger partial charge >= 0.3 is 0 Å². The summed E-state index contributed by atoms with van der Waals surface area (Å²) in [5.74, 6) is 0.0249. The third-order valence-corrected chi connectivity index (χ3v) is 5.08. The van der Waals surface area contributed by atoms with E-state index in [2.05, 4.69) is 10.6 Å². The van der Waals surface area contributed by atoms with E-state index in [1.807, 2.05) is 39.0 Å². The van der Waals surface area contributed by atoms with Gasteiger partial charge in [-0.05, 0) is 56.1 Å². The van der Waals surface area contributed by atoms with E-state index < -0.39 is 6.04 Å². The summed E-state index contributed by atoms with van der Waals surface area (Å²) in [4.78, 5) is 25.2. The van der Waals surface area contributed by atoms with Crippen molar-refractivity contribution in [2.75, 3.05) is 6.61 Å². The summed E-state index contributed by atoms with van der Waals surface area (Å²) in [5, 5.41) is 15.2. The minimum Gasteiger partial charge on any atom is -0.396 e. The monoisotopic (exact) mass is 346 g/mol. The van der Waals surface area contributed by atoms with Gasteiger partial charge in [0.15, 0.2) is 0 Å². The maximum atomic E-state index is 12.7. The van der Waals surface area contributed by atoms with E-state index in [9.17, 15) is 14.7 Å². The fourth-order valence-electron chi connectivity index (χ4n) is 3.36. The van der Waals surface area contributed by atoms with Crippen LogP contribution < -0.4 is 10.6 Å². The lowest BCUT2D eigenvalue weighted by Crippen LogP contribution is -2.52. The average molecular weight is 346 g/mol. The number of carbonyl (C=O) groups excluding carboxylic acids is 2. The van der Waals surface area contributed by atoms with Crippen molar-refractivity contribution in [2.45, 2.75) is 58.5 Å². The SMILES string of the molecule is Cc1ccccc1C(=O)NC(C(=O)NC1CCC(CO)CC1)C(C)C. The molecule has 2 amide bonds. The molecule has 2 rings (SSSR count).